The van der Waals surface area contributed by atoms with Crippen LogP contribution in [0.15, 0.2) is 29.3 Å². The van der Waals surface area contributed by atoms with Crippen molar-refractivity contribution in [2.75, 3.05) is 38.8 Å². The molecule has 0 fully saturated rings. The van der Waals surface area contributed by atoms with Crippen molar-refractivity contribution in [3.05, 3.63) is 29.8 Å². The number of thioether (sulfide) groups is 1. The minimum absolute atomic E-state index is 0.617. The second kappa shape index (κ2) is 9.55. The lowest BCUT2D eigenvalue weighted by Crippen LogP contribution is -2.40. The van der Waals surface area contributed by atoms with Crippen LogP contribution in [0.5, 0.6) is 5.75 Å². The highest BCUT2D eigenvalue weighted by Gasteiger charge is 1.97. The molecule has 1 aromatic carbocycles. The number of rotatable bonds is 7. The summed E-state index contributed by atoms with van der Waals surface area (Å²) in [5.41, 5.74) is 1.24. The van der Waals surface area contributed by atoms with Crippen LogP contribution in [0.4, 0.5) is 0 Å². The molecular weight excluding hydrogens is 258 g/mol. The van der Waals surface area contributed by atoms with Crippen molar-refractivity contribution >= 4 is 17.7 Å². The fraction of sp³-hybridized carbons (Fsp3) is 0.500. The number of hydrogen-bond acceptors (Lipinski definition) is 3. The van der Waals surface area contributed by atoms with Gasteiger partial charge in [0.05, 0.1) is 6.54 Å². The van der Waals surface area contributed by atoms with Gasteiger partial charge in [-0.05, 0) is 25.3 Å². The standard InChI is InChI=1S/C14H23N3OS/c1-12-4-6-13(7-5-12)18-10-8-16-14(15-2)17-9-11-19-3/h4-7H,8-11H2,1-3H3,(H2,15,16,17). The van der Waals surface area contributed by atoms with E-state index in [1.807, 2.05) is 36.0 Å². The molecule has 0 amide bonds. The Morgan fingerprint density at radius 1 is 1.21 bits per heavy atom. The van der Waals surface area contributed by atoms with E-state index in [-0.39, 0.29) is 0 Å². The number of aliphatic imine (C=N–C) groups is 1. The van der Waals surface area contributed by atoms with Gasteiger partial charge in [0.15, 0.2) is 5.96 Å². The summed E-state index contributed by atoms with van der Waals surface area (Å²) in [6.07, 6.45) is 2.09. The number of benzene rings is 1. The Bertz CT molecular complexity index is 379. The average Bonchev–Trinajstić information content (AvgIpc) is 2.43. The first-order valence-electron chi connectivity index (χ1n) is 6.39. The maximum atomic E-state index is 5.63. The van der Waals surface area contributed by atoms with E-state index in [0.29, 0.717) is 6.61 Å². The lowest BCUT2D eigenvalue weighted by Gasteiger charge is -2.12. The van der Waals surface area contributed by atoms with Crippen molar-refractivity contribution in [2.45, 2.75) is 6.92 Å². The van der Waals surface area contributed by atoms with Crippen molar-refractivity contribution in [3.8, 4) is 5.75 Å². The molecule has 0 saturated heterocycles. The van der Waals surface area contributed by atoms with E-state index in [9.17, 15) is 0 Å². The van der Waals surface area contributed by atoms with Crippen LogP contribution >= 0.6 is 11.8 Å². The number of guanidine groups is 1. The number of nitrogens with one attached hydrogen (secondary N) is 2. The summed E-state index contributed by atoms with van der Waals surface area (Å²) in [6.45, 7) is 4.33. The van der Waals surface area contributed by atoms with Crippen LogP contribution in [0.1, 0.15) is 5.56 Å². The molecule has 0 bridgehead atoms. The highest BCUT2D eigenvalue weighted by Crippen LogP contribution is 2.10. The molecule has 4 nitrogen and oxygen atoms in total. The number of ether oxygens (including phenoxy) is 1. The Kier molecular flexibility index (Phi) is 7.89. The van der Waals surface area contributed by atoms with E-state index >= 15 is 0 Å². The molecule has 19 heavy (non-hydrogen) atoms. The van der Waals surface area contributed by atoms with Crippen molar-refractivity contribution in [1.82, 2.24) is 10.6 Å². The van der Waals surface area contributed by atoms with Gasteiger partial charge < -0.3 is 15.4 Å². The highest BCUT2D eigenvalue weighted by molar-refractivity contribution is 7.98. The van der Waals surface area contributed by atoms with E-state index in [2.05, 4.69) is 28.8 Å². The molecule has 106 valence electrons. The summed E-state index contributed by atoms with van der Waals surface area (Å²) in [5.74, 6) is 2.79. The zero-order valence-corrected chi connectivity index (χ0v) is 12.7. The van der Waals surface area contributed by atoms with E-state index in [1.165, 1.54) is 5.56 Å². The second-order valence-electron chi connectivity index (χ2n) is 4.08. The van der Waals surface area contributed by atoms with Crippen LogP contribution in [-0.2, 0) is 0 Å². The third kappa shape index (κ3) is 6.96. The molecule has 0 atom stereocenters. The molecule has 2 N–H and O–H groups in total. The third-order valence-corrected chi connectivity index (χ3v) is 3.12. The zero-order chi connectivity index (χ0) is 13.9. The molecule has 0 radical (unpaired) electrons. The third-order valence-electron chi connectivity index (χ3n) is 2.51. The summed E-state index contributed by atoms with van der Waals surface area (Å²) in [5, 5.41) is 6.45. The fourth-order valence-electron chi connectivity index (χ4n) is 1.46. The van der Waals surface area contributed by atoms with Gasteiger partial charge in [0.2, 0.25) is 0 Å². The Balaban J connectivity index is 2.16. The lowest BCUT2D eigenvalue weighted by atomic mass is 10.2. The number of nitrogens with zero attached hydrogens (tertiary/aromatic N) is 1. The van der Waals surface area contributed by atoms with Gasteiger partial charge in [-0.15, -0.1) is 0 Å². The molecule has 5 heteroatoms. The van der Waals surface area contributed by atoms with Crippen LogP contribution in [0, 0.1) is 6.92 Å². The van der Waals surface area contributed by atoms with Gasteiger partial charge in [-0.3, -0.25) is 4.99 Å². The van der Waals surface area contributed by atoms with Gasteiger partial charge in [0.1, 0.15) is 12.4 Å². The molecular formula is C14H23N3OS. The van der Waals surface area contributed by atoms with E-state index in [1.54, 1.807) is 7.05 Å². The van der Waals surface area contributed by atoms with Crippen LogP contribution in [0.25, 0.3) is 0 Å². The first-order valence-corrected chi connectivity index (χ1v) is 7.78. The van der Waals surface area contributed by atoms with Gasteiger partial charge in [-0.1, -0.05) is 17.7 Å². The Hall–Kier alpha value is -1.36. The van der Waals surface area contributed by atoms with E-state index in [0.717, 1.165) is 30.6 Å². The minimum Gasteiger partial charge on any atom is -0.492 e. The smallest absolute Gasteiger partial charge is 0.191 e. The zero-order valence-electron chi connectivity index (χ0n) is 11.9. The first kappa shape index (κ1) is 15.7. The molecule has 0 saturated carbocycles. The van der Waals surface area contributed by atoms with Crippen LogP contribution in [0.3, 0.4) is 0 Å². The quantitative estimate of drug-likeness (QED) is 0.455. The summed E-state index contributed by atoms with van der Waals surface area (Å²) >= 11 is 1.81. The first-order chi connectivity index (χ1) is 9.26. The SMILES string of the molecule is CN=C(NCCOc1ccc(C)cc1)NCCSC. The van der Waals surface area contributed by atoms with Crippen LogP contribution in [-0.4, -0.2) is 44.7 Å². The molecule has 0 aliphatic carbocycles. The molecule has 1 aromatic rings. The van der Waals surface area contributed by atoms with Crippen LogP contribution in [0.2, 0.25) is 0 Å². The van der Waals surface area contributed by atoms with Crippen molar-refractivity contribution < 1.29 is 4.74 Å². The Morgan fingerprint density at radius 3 is 2.53 bits per heavy atom. The molecule has 0 spiro atoms. The molecule has 0 aliphatic heterocycles. The largest absolute Gasteiger partial charge is 0.492 e. The average molecular weight is 281 g/mol. The fourth-order valence-corrected chi connectivity index (χ4v) is 1.77. The molecule has 0 heterocycles. The van der Waals surface area contributed by atoms with Crippen molar-refractivity contribution in [3.63, 3.8) is 0 Å². The second-order valence-corrected chi connectivity index (χ2v) is 5.07. The van der Waals surface area contributed by atoms with Crippen molar-refractivity contribution in [1.29, 1.82) is 0 Å². The van der Waals surface area contributed by atoms with E-state index < -0.39 is 0 Å². The predicted octanol–water partition coefficient (Wildman–Crippen LogP) is 1.90. The van der Waals surface area contributed by atoms with Gasteiger partial charge in [0, 0.05) is 19.3 Å². The molecule has 0 unspecified atom stereocenters. The Labute approximate surface area is 120 Å². The summed E-state index contributed by atoms with van der Waals surface area (Å²) in [7, 11) is 1.77. The summed E-state index contributed by atoms with van der Waals surface area (Å²) < 4.78 is 5.63. The highest BCUT2D eigenvalue weighted by atomic mass is 32.2. The van der Waals surface area contributed by atoms with Gasteiger partial charge in [-0.2, -0.15) is 11.8 Å². The van der Waals surface area contributed by atoms with Gasteiger partial charge in [0.25, 0.3) is 0 Å². The summed E-state index contributed by atoms with van der Waals surface area (Å²) in [4.78, 5) is 4.15. The van der Waals surface area contributed by atoms with Crippen LogP contribution < -0.4 is 15.4 Å². The van der Waals surface area contributed by atoms with Crippen molar-refractivity contribution in [2.24, 2.45) is 4.99 Å². The summed E-state index contributed by atoms with van der Waals surface area (Å²) in [6, 6.07) is 8.07. The van der Waals surface area contributed by atoms with E-state index in [4.69, 9.17) is 4.74 Å². The van der Waals surface area contributed by atoms with Gasteiger partial charge in [-0.25, -0.2) is 0 Å². The topological polar surface area (TPSA) is 45.7 Å². The van der Waals surface area contributed by atoms with Gasteiger partial charge >= 0.3 is 0 Å². The Morgan fingerprint density at radius 2 is 1.89 bits per heavy atom. The molecule has 1 rings (SSSR count). The normalized spacial score (nSPS) is 11.2. The monoisotopic (exact) mass is 281 g/mol. The molecule has 0 aliphatic rings. The lowest BCUT2D eigenvalue weighted by molar-refractivity contribution is 0.322. The predicted molar refractivity (Wildman–Crippen MR) is 84.4 cm³/mol. The maximum Gasteiger partial charge on any atom is 0.191 e. The molecule has 0 aromatic heterocycles. The minimum atomic E-state index is 0.617. The number of hydrogen-bond donors (Lipinski definition) is 2. The maximum absolute atomic E-state index is 5.63. The number of aryl methyl sites for hydroxylation is 1.